The Labute approximate surface area is 178 Å². The number of carbonyl (C=O) groups is 2. The van der Waals surface area contributed by atoms with E-state index < -0.39 is 17.7 Å². The van der Waals surface area contributed by atoms with Crippen LogP contribution < -0.4 is 0 Å². The number of Topliss-reactive ketones (excluding diaryl/α,β-unsaturated/α-hetero) is 1. The number of benzene rings is 1. The SMILES string of the molecule is O=C1C(=O)N(CCCn2ccnc2)[C@H](c2cccnc2)C1=C(O)c1ccc(Cl)cc1. The van der Waals surface area contributed by atoms with E-state index in [1.54, 1.807) is 61.3 Å². The first kappa shape index (κ1) is 19.8. The third-order valence-electron chi connectivity index (χ3n) is 5.03. The zero-order valence-electron chi connectivity index (χ0n) is 16.0. The van der Waals surface area contributed by atoms with E-state index in [1.165, 1.54) is 4.90 Å². The lowest BCUT2D eigenvalue weighted by atomic mass is 9.96. The minimum atomic E-state index is -0.711. The van der Waals surface area contributed by atoms with E-state index in [2.05, 4.69) is 9.97 Å². The van der Waals surface area contributed by atoms with Gasteiger partial charge in [0.1, 0.15) is 5.76 Å². The number of carbonyl (C=O) groups excluding carboxylic acids is 2. The molecule has 0 unspecified atom stereocenters. The molecule has 0 bridgehead atoms. The Balaban J connectivity index is 1.71. The molecule has 0 saturated carbocycles. The molecule has 1 aliphatic rings. The standard InChI is InChI=1S/C22H19ClN4O3/c23-17-6-4-15(5-7-17)20(28)18-19(16-3-1-8-24-13-16)27(22(30)21(18)29)11-2-10-26-12-9-25-14-26/h1,3-9,12-14,19,28H,2,10-11H2/t19-/m1/s1. The lowest BCUT2D eigenvalue weighted by molar-refractivity contribution is -0.139. The fraction of sp³-hybridized carbons (Fsp3) is 0.182. The van der Waals surface area contributed by atoms with E-state index in [4.69, 9.17) is 11.6 Å². The number of amides is 1. The lowest BCUT2D eigenvalue weighted by Gasteiger charge is -2.25. The molecule has 4 rings (SSSR count). The maximum absolute atomic E-state index is 12.9. The summed E-state index contributed by atoms with van der Waals surface area (Å²) in [5, 5.41) is 11.4. The molecule has 3 heterocycles. The van der Waals surface area contributed by atoms with Gasteiger partial charge in [0.05, 0.1) is 17.9 Å². The van der Waals surface area contributed by atoms with Gasteiger partial charge in [-0.1, -0.05) is 17.7 Å². The molecule has 1 fully saturated rings. The van der Waals surface area contributed by atoms with Crippen LogP contribution in [0.15, 0.2) is 73.1 Å². The maximum Gasteiger partial charge on any atom is 0.295 e. The molecule has 1 aliphatic heterocycles. The summed E-state index contributed by atoms with van der Waals surface area (Å²) in [6.45, 7) is 1.000. The number of hydrogen-bond acceptors (Lipinski definition) is 5. The summed E-state index contributed by atoms with van der Waals surface area (Å²) in [5.74, 6) is -1.57. The van der Waals surface area contributed by atoms with E-state index >= 15 is 0 Å². The van der Waals surface area contributed by atoms with Crippen LogP contribution in [0.2, 0.25) is 5.02 Å². The van der Waals surface area contributed by atoms with E-state index in [0.29, 0.717) is 35.7 Å². The first-order chi connectivity index (χ1) is 14.6. The third kappa shape index (κ3) is 3.84. The topological polar surface area (TPSA) is 88.3 Å². The van der Waals surface area contributed by atoms with Gasteiger partial charge < -0.3 is 14.6 Å². The van der Waals surface area contributed by atoms with Crippen LogP contribution in [0, 0.1) is 0 Å². The minimum absolute atomic E-state index is 0.0537. The average Bonchev–Trinajstić information content (AvgIpc) is 3.37. The maximum atomic E-state index is 12.9. The number of imidazole rings is 1. The molecular weight excluding hydrogens is 404 g/mol. The highest BCUT2D eigenvalue weighted by atomic mass is 35.5. The highest BCUT2D eigenvalue weighted by Crippen LogP contribution is 2.39. The van der Waals surface area contributed by atoms with Crippen LogP contribution in [-0.2, 0) is 16.1 Å². The van der Waals surface area contributed by atoms with E-state index in [0.717, 1.165) is 0 Å². The van der Waals surface area contributed by atoms with Gasteiger partial charge in [0.25, 0.3) is 11.7 Å². The molecular formula is C22H19ClN4O3. The molecule has 2 aromatic heterocycles. The van der Waals surface area contributed by atoms with Crippen molar-refractivity contribution in [2.45, 2.75) is 19.0 Å². The number of pyridine rings is 1. The molecule has 1 saturated heterocycles. The number of hydrogen-bond donors (Lipinski definition) is 1. The van der Waals surface area contributed by atoms with Crippen molar-refractivity contribution in [3.05, 3.63) is 89.2 Å². The molecule has 0 spiro atoms. The number of aryl methyl sites for hydroxylation is 1. The van der Waals surface area contributed by atoms with Crippen molar-refractivity contribution in [1.82, 2.24) is 19.4 Å². The van der Waals surface area contributed by atoms with Gasteiger partial charge in [-0.25, -0.2) is 4.98 Å². The largest absolute Gasteiger partial charge is 0.507 e. The number of halogens is 1. The number of aromatic nitrogens is 3. The summed E-state index contributed by atoms with van der Waals surface area (Å²) in [4.78, 5) is 35.4. The van der Waals surface area contributed by atoms with Crippen molar-refractivity contribution in [3.8, 4) is 0 Å². The quantitative estimate of drug-likeness (QED) is 0.373. The highest BCUT2D eigenvalue weighted by Gasteiger charge is 2.45. The van der Waals surface area contributed by atoms with Crippen LogP contribution in [0.1, 0.15) is 23.6 Å². The van der Waals surface area contributed by atoms with Crippen molar-refractivity contribution >= 4 is 29.1 Å². The number of aliphatic hydroxyl groups is 1. The average molecular weight is 423 g/mol. The second kappa shape index (κ2) is 8.51. The van der Waals surface area contributed by atoms with Gasteiger partial charge in [0.15, 0.2) is 0 Å². The summed E-state index contributed by atoms with van der Waals surface area (Å²) in [7, 11) is 0. The molecule has 0 aliphatic carbocycles. The summed E-state index contributed by atoms with van der Waals surface area (Å²) in [6.07, 6.45) is 9.08. The smallest absolute Gasteiger partial charge is 0.295 e. The summed E-state index contributed by atoms with van der Waals surface area (Å²) in [5.41, 5.74) is 1.14. The van der Waals surface area contributed by atoms with Crippen molar-refractivity contribution in [3.63, 3.8) is 0 Å². The van der Waals surface area contributed by atoms with Crippen molar-refractivity contribution in [2.75, 3.05) is 6.54 Å². The van der Waals surface area contributed by atoms with Gasteiger partial charge in [-0.3, -0.25) is 14.6 Å². The number of ketones is 1. The molecule has 30 heavy (non-hydrogen) atoms. The Bertz CT molecular complexity index is 1080. The Morgan fingerprint density at radius 1 is 1.07 bits per heavy atom. The van der Waals surface area contributed by atoms with Crippen LogP contribution in [0.5, 0.6) is 0 Å². The Kier molecular flexibility index (Phi) is 5.63. The second-order valence-corrected chi connectivity index (χ2v) is 7.38. The predicted octanol–water partition coefficient (Wildman–Crippen LogP) is 3.44. The normalized spacial score (nSPS) is 18.2. The Hall–Kier alpha value is -3.45. The first-order valence-corrected chi connectivity index (χ1v) is 9.84. The molecule has 1 N–H and O–H groups in total. The number of likely N-dealkylation sites (tertiary alicyclic amines) is 1. The predicted molar refractivity (Wildman–Crippen MR) is 112 cm³/mol. The summed E-state index contributed by atoms with van der Waals surface area (Å²) in [6, 6.07) is 9.30. The van der Waals surface area contributed by atoms with Gasteiger partial charge >= 0.3 is 0 Å². The van der Waals surface area contributed by atoms with Crippen LogP contribution >= 0.6 is 11.6 Å². The minimum Gasteiger partial charge on any atom is -0.507 e. The number of nitrogens with zero attached hydrogens (tertiary/aromatic N) is 4. The third-order valence-corrected chi connectivity index (χ3v) is 5.28. The highest BCUT2D eigenvalue weighted by molar-refractivity contribution is 6.46. The zero-order chi connectivity index (χ0) is 21.1. The number of rotatable bonds is 6. The summed E-state index contributed by atoms with van der Waals surface area (Å²) < 4.78 is 1.91. The molecule has 1 aromatic carbocycles. The van der Waals surface area contributed by atoms with Gasteiger partial charge in [-0.15, -0.1) is 0 Å². The van der Waals surface area contributed by atoms with Gasteiger partial charge in [-0.2, -0.15) is 0 Å². The molecule has 7 nitrogen and oxygen atoms in total. The van der Waals surface area contributed by atoms with E-state index in [1.807, 2.05) is 10.8 Å². The second-order valence-electron chi connectivity index (χ2n) is 6.94. The lowest BCUT2D eigenvalue weighted by Crippen LogP contribution is -2.31. The monoisotopic (exact) mass is 422 g/mol. The number of aliphatic hydroxyl groups excluding tert-OH is 1. The fourth-order valence-corrected chi connectivity index (χ4v) is 3.73. The molecule has 3 aromatic rings. The van der Waals surface area contributed by atoms with Gasteiger partial charge in [0, 0.05) is 48.5 Å². The van der Waals surface area contributed by atoms with E-state index in [9.17, 15) is 14.7 Å². The Morgan fingerprint density at radius 2 is 1.87 bits per heavy atom. The van der Waals surface area contributed by atoms with Crippen LogP contribution in [0.3, 0.4) is 0 Å². The first-order valence-electron chi connectivity index (χ1n) is 9.46. The van der Waals surface area contributed by atoms with Gasteiger partial charge in [-0.05, 0) is 42.3 Å². The Morgan fingerprint density at radius 3 is 2.53 bits per heavy atom. The molecule has 0 radical (unpaired) electrons. The zero-order valence-corrected chi connectivity index (χ0v) is 16.7. The van der Waals surface area contributed by atoms with Crippen molar-refractivity contribution < 1.29 is 14.7 Å². The van der Waals surface area contributed by atoms with Gasteiger partial charge in [0.2, 0.25) is 0 Å². The molecule has 8 heteroatoms. The fourth-order valence-electron chi connectivity index (χ4n) is 3.60. The van der Waals surface area contributed by atoms with Crippen molar-refractivity contribution in [1.29, 1.82) is 0 Å². The van der Waals surface area contributed by atoms with Crippen LogP contribution in [0.25, 0.3) is 5.76 Å². The summed E-state index contributed by atoms with van der Waals surface area (Å²) >= 11 is 5.93. The van der Waals surface area contributed by atoms with Crippen LogP contribution in [0.4, 0.5) is 0 Å². The molecule has 1 amide bonds. The van der Waals surface area contributed by atoms with Crippen molar-refractivity contribution in [2.24, 2.45) is 0 Å². The molecule has 152 valence electrons. The van der Waals surface area contributed by atoms with E-state index in [-0.39, 0.29) is 11.3 Å². The van der Waals surface area contributed by atoms with Crippen LogP contribution in [-0.4, -0.2) is 42.8 Å². The molecule has 1 atom stereocenters.